The summed E-state index contributed by atoms with van der Waals surface area (Å²) in [4.78, 5) is 22.6. The number of hydrogen-bond acceptors (Lipinski definition) is 5. The largest absolute Gasteiger partial charge is 0.388 e. The Hall–Kier alpha value is -1.88. The van der Waals surface area contributed by atoms with Crippen molar-refractivity contribution in [2.75, 3.05) is 18.5 Å². The van der Waals surface area contributed by atoms with E-state index in [9.17, 15) is 9.59 Å². The van der Waals surface area contributed by atoms with E-state index in [1.54, 1.807) is 24.3 Å². The summed E-state index contributed by atoms with van der Waals surface area (Å²) in [6.45, 7) is 2.37. The summed E-state index contributed by atoms with van der Waals surface area (Å²) in [7, 11) is 0. The lowest BCUT2D eigenvalue weighted by Gasteiger charge is -2.07. The molecule has 0 aliphatic heterocycles. The molecule has 0 heterocycles. The van der Waals surface area contributed by atoms with Crippen LogP contribution in [-0.2, 0) is 9.53 Å². The Morgan fingerprint density at radius 3 is 1.70 bits per heavy atom. The lowest BCUT2D eigenvalue weighted by molar-refractivity contribution is -0.141. The molecule has 0 aliphatic rings. The molecule has 5 heteroatoms. The summed E-state index contributed by atoms with van der Waals surface area (Å²) in [6, 6.07) is 6.81. The van der Waals surface area contributed by atoms with Gasteiger partial charge in [-0.05, 0) is 30.7 Å². The van der Waals surface area contributed by atoms with E-state index in [-0.39, 0.29) is 0 Å². The summed E-state index contributed by atoms with van der Waals surface area (Å²) in [5.74, 6) is -1.69. The van der Waals surface area contributed by atoms with Crippen molar-refractivity contribution in [2.24, 2.45) is 0 Å². The molecule has 0 aromatic heterocycles. The normalized spacial score (nSPS) is 10.7. The Bertz CT molecular complexity index is 571. The Balaban J connectivity index is 1.94. The molecule has 2 N–H and O–H groups in total. The fourth-order valence-electron chi connectivity index (χ4n) is 3.47. The lowest BCUT2D eigenvalue weighted by atomic mass is 10.0. The minimum Gasteiger partial charge on any atom is -0.388 e. The molecule has 170 valence electrons. The predicted molar refractivity (Wildman–Crippen MR) is 123 cm³/mol. The number of ether oxygens (including phenoxy) is 1. The summed E-state index contributed by atoms with van der Waals surface area (Å²) >= 11 is 0. The van der Waals surface area contributed by atoms with Gasteiger partial charge in [0.05, 0.1) is 5.56 Å². The zero-order valence-electron chi connectivity index (χ0n) is 18.8. The quantitative estimate of drug-likeness (QED) is 0.167. The Labute approximate surface area is 182 Å². The van der Waals surface area contributed by atoms with Crippen LogP contribution in [0.3, 0.4) is 0 Å². The van der Waals surface area contributed by atoms with E-state index in [0.29, 0.717) is 5.56 Å². The topological polar surface area (TPSA) is 75.6 Å². The van der Waals surface area contributed by atoms with Gasteiger partial charge in [0.25, 0.3) is 0 Å². The maximum absolute atomic E-state index is 11.7. The predicted octanol–water partition coefficient (Wildman–Crippen LogP) is 6.26. The first kappa shape index (κ1) is 26.2. The van der Waals surface area contributed by atoms with Gasteiger partial charge in [-0.25, -0.2) is 9.59 Å². The molecule has 0 atom stereocenters. The van der Waals surface area contributed by atoms with E-state index in [1.165, 1.54) is 83.5 Å². The number of benzene rings is 1. The molecule has 0 saturated heterocycles. The molecule has 0 saturated carbocycles. The molecule has 0 fully saturated rings. The summed E-state index contributed by atoms with van der Waals surface area (Å²) in [5.41, 5.74) is 1.23. The molecule has 0 bridgehead atoms. The molecule has 0 aliphatic carbocycles. The number of rotatable bonds is 18. The summed E-state index contributed by atoms with van der Waals surface area (Å²) in [5, 5.41) is 11.9. The second-order valence-electron chi connectivity index (χ2n) is 8.02. The average Bonchev–Trinajstić information content (AvgIpc) is 2.76. The minimum absolute atomic E-state index is 0.291. The highest BCUT2D eigenvalue weighted by Crippen LogP contribution is 2.14. The molecule has 0 spiro atoms. The van der Waals surface area contributed by atoms with E-state index in [4.69, 9.17) is 5.11 Å². The van der Waals surface area contributed by atoms with Crippen molar-refractivity contribution in [1.82, 2.24) is 0 Å². The molecule has 5 nitrogen and oxygen atoms in total. The maximum atomic E-state index is 11.7. The van der Waals surface area contributed by atoms with Crippen molar-refractivity contribution in [3.8, 4) is 0 Å². The maximum Gasteiger partial charge on any atom is 0.345 e. The first-order valence-electron chi connectivity index (χ1n) is 11.9. The fourth-order valence-corrected chi connectivity index (χ4v) is 3.47. The van der Waals surface area contributed by atoms with Gasteiger partial charge in [-0.15, -0.1) is 0 Å². The monoisotopic (exact) mass is 419 g/mol. The van der Waals surface area contributed by atoms with Gasteiger partial charge in [0.15, 0.2) is 0 Å². The number of aliphatic hydroxyl groups excluding tert-OH is 1. The fraction of sp³-hybridized carbons (Fsp3) is 0.680. The van der Waals surface area contributed by atoms with Crippen LogP contribution in [0.15, 0.2) is 24.3 Å². The number of unbranched alkanes of at least 4 members (excludes halogenated alkanes) is 13. The number of esters is 2. The third-order valence-corrected chi connectivity index (χ3v) is 5.32. The van der Waals surface area contributed by atoms with Crippen LogP contribution in [0.2, 0.25) is 0 Å². The van der Waals surface area contributed by atoms with Gasteiger partial charge in [0.1, 0.15) is 6.61 Å². The summed E-state index contributed by atoms with van der Waals surface area (Å²) < 4.78 is 4.47. The molecular weight excluding hydrogens is 378 g/mol. The molecule has 1 aromatic carbocycles. The van der Waals surface area contributed by atoms with Crippen LogP contribution in [0.5, 0.6) is 0 Å². The van der Waals surface area contributed by atoms with E-state index in [1.807, 2.05) is 0 Å². The first-order chi connectivity index (χ1) is 14.7. The van der Waals surface area contributed by atoms with Crippen molar-refractivity contribution in [2.45, 2.75) is 96.8 Å². The number of anilines is 1. The van der Waals surface area contributed by atoms with Gasteiger partial charge in [-0.3, -0.25) is 0 Å². The van der Waals surface area contributed by atoms with Crippen molar-refractivity contribution >= 4 is 17.6 Å². The van der Waals surface area contributed by atoms with E-state index in [2.05, 4.69) is 17.0 Å². The van der Waals surface area contributed by atoms with Crippen LogP contribution in [0.1, 0.15) is 107 Å². The van der Waals surface area contributed by atoms with Crippen LogP contribution in [0, 0.1) is 0 Å². The van der Waals surface area contributed by atoms with Gasteiger partial charge in [0, 0.05) is 12.2 Å². The number of carbonyl (C=O) groups excluding carboxylic acids is 2. The van der Waals surface area contributed by atoms with Crippen LogP contribution >= 0.6 is 0 Å². The van der Waals surface area contributed by atoms with Gasteiger partial charge in [0.2, 0.25) is 0 Å². The zero-order chi connectivity index (χ0) is 21.9. The highest BCUT2D eigenvalue weighted by atomic mass is 16.6. The molecule has 0 radical (unpaired) electrons. The first-order valence-corrected chi connectivity index (χ1v) is 11.9. The van der Waals surface area contributed by atoms with Crippen molar-refractivity contribution in [3.05, 3.63) is 29.8 Å². The molecule has 1 aromatic rings. The van der Waals surface area contributed by atoms with Crippen LogP contribution in [0.4, 0.5) is 5.69 Å². The zero-order valence-corrected chi connectivity index (χ0v) is 18.8. The van der Waals surface area contributed by atoms with E-state index >= 15 is 0 Å². The molecule has 30 heavy (non-hydrogen) atoms. The van der Waals surface area contributed by atoms with Crippen LogP contribution in [-0.4, -0.2) is 30.2 Å². The third kappa shape index (κ3) is 13.4. The van der Waals surface area contributed by atoms with Crippen molar-refractivity contribution in [1.29, 1.82) is 0 Å². The molecular formula is C25H41NO4. The second-order valence-corrected chi connectivity index (χ2v) is 8.02. The van der Waals surface area contributed by atoms with Crippen LogP contribution < -0.4 is 5.32 Å². The van der Waals surface area contributed by atoms with Gasteiger partial charge in [-0.1, -0.05) is 90.4 Å². The minimum atomic E-state index is -0.944. The van der Waals surface area contributed by atoms with Crippen molar-refractivity contribution in [3.63, 3.8) is 0 Å². The van der Waals surface area contributed by atoms with Crippen molar-refractivity contribution < 1.29 is 19.4 Å². The Morgan fingerprint density at radius 2 is 1.23 bits per heavy atom. The highest BCUT2D eigenvalue weighted by Gasteiger charge is 2.11. The average molecular weight is 420 g/mol. The molecule has 1 rings (SSSR count). The van der Waals surface area contributed by atoms with Crippen LogP contribution in [0.25, 0.3) is 0 Å². The number of aliphatic hydroxyl groups is 1. The highest BCUT2D eigenvalue weighted by molar-refractivity contribution is 5.97. The standard InChI is InChI=1S/C25H41NO4/c1-2-3-4-5-6-7-8-9-10-11-12-13-14-15-20-26-23-18-16-22(17-19-23)25(29)30-24(28)21-27/h16-19,26-27H,2-15,20-21H2,1H3. The number of hydrogen-bond donors (Lipinski definition) is 2. The van der Waals surface area contributed by atoms with E-state index < -0.39 is 18.5 Å². The SMILES string of the molecule is CCCCCCCCCCCCCCCCNc1ccc(C(=O)OC(=O)CO)cc1. The number of carbonyl (C=O) groups is 2. The molecule has 0 amide bonds. The van der Waals surface area contributed by atoms with Gasteiger partial charge < -0.3 is 15.2 Å². The smallest absolute Gasteiger partial charge is 0.345 e. The molecule has 0 unspecified atom stereocenters. The van der Waals surface area contributed by atoms with E-state index in [0.717, 1.165) is 18.7 Å². The Kier molecular flexibility index (Phi) is 15.6. The summed E-state index contributed by atoms with van der Waals surface area (Å²) in [6.07, 6.45) is 18.9. The third-order valence-electron chi connectivity index (χ3n) is 5.32. The lowest BCUT2D eigenvalue weighted by Crippen LogP contribution is -2.15. The number of nitrogens with one attached hydrogen (secondary N) is 1. The Morgan fingerprint density at radius 1 is 0.767 bits per heavy atom. The van der Waals surface area contributed by atoms with Gasteiger partial charge in [-0.2, -0.15) is 0 Å². The van der Waals surface area contributed by atoms with Gasteiger partial charge >= 0.3 is 11.9 Å². The second kappa shape index (κ2) is 17.9.